The summed E-state index contributed by atoms with van der Waals surface area (Å²) in [5, 5.41) is 7.75. The molecular weight excluding hydrogens is 78.3 g/mol. The number of rotatable bonds is 1. The van der Waals surface area contributed by atoms with Crippen LogP contribution in [0.1, 0.15) is 0 Å². The molecule has 0 bridgehead atoms. The van der Waals surface area contributed by atoms with Gasteiger partial charge >= 0.3 is 0 Å². The first-order valence-corrected chi connectivity index (χ1v) is 1.22. The summed E-state index contributed by atoms with van der Waals surface area (Å²) < 4.78 is 0. The van der Waals surface area contributed by atoms with Gasteiger partial charge in [0.1, 0.15) is 0 Å². The predicted molar refractivity (Wildman–Crippen MR) is 21.9 cm³/mol. The Hall–Kier alpha value is 0.686. The van der Waals surface area contributed by atoms with Gasteiger partial charge in [0, 0.05) is 29.6 Å². The summed E-state index contributed by atoms with van der Waals surface area (Å²) in [6.45, 7) is 0.472. The Morgan fingerprint density at radius 1 is 1.60 bits per heavy atom. The molecule has 0 rings (SSSR count). The quantitative estimate of drug-likeness (QED) is 0.383. The van der Waals surface area contributed by atoms with Gasteiger partial charge in [-0.15, -0.1) is 0 Å². The maximum atomic E-state index is 7.75. The molecule has 28 valence electrons. The van der Waals surface area contributed by atoms with E-state index in [0.717, 1.165) is 0 Å². The predicted octanol–water partition coefficient (Wildman–Crippen LogP) is -1.44. The number of aliphatic hydroxyl groups is 1. The minimum Gasteiger partial charge on any atom is -0.395 e. The van der Waals surface area contributed by atoms with Gasteiger partial charge in [-0.2, -0.15) is 0 Å². The number of hydrogen-bond donors (Lipinski definition) is 2. The Morgan fingerprint density at radius 2 is 1.80 bits per heavy atom. The van der Waals surface area contributed by atoms with E-state index in [0.29, 0.717) is 6.54 Å². The highest BCUT2D eigenvalue weighted by atomic mass is 24.3. The van der Waals surface area contributed by atoms with Crippen molar-refractivity contribution in [1.29, 1.82) is 0 Å². The molecule has 5 heavy (non-hydrogen) atoms. The summed E-state index contributed by atoms with van der Waals surface area (Å²) in [5.74, 6) is 0. The van der Waals surface area contributed by atoms with Crippen LogP contribution < -0.4 is 5.73 Å². The first-order chi connectivity index (χ1) is 1.91. The molecule has 0 aliphatic heterocycles. The smallest absolute Gasteiger partial charge is 0.0553 e. The van der Waals surface area contributed by atoms with Crippen molar-refractivity contribution < 1.29 is 5.11 Å². The largest absolute Gasteiger partial charge is 0.395 e. The summed E-state index contributed by atoms with van der Waals surface area (Å²) in [5.41, 5.74) is 4.78. The lowest BCUT2D eigenvalue weighted by Crippen LogP contribution is -2.02. The van der Waals surface area contributed by atoms with Crippen LogP contribution in [0.15, 0.2) is 0 Å². The third kappa shape index (κ3) is 11.9. The molecule has 0 saturated heterocycles. The average molecular weight is 85.4 g/mol. The Kier molecular flexibility index (Phi) is 16.2. The summed E-state index contributed by atoms with van der Waals surface area (Å²) in [7, 11) is 0. The van der Waals surface area contributed by atoms with Crippen molar-refractivity contribution in [2.75, 3.05) is 13.2 Å². The van der Waals surface area contributed by atoms with Gasteiger partial charge in [-0.05, 0) is 0 Å². The summed E-state index contributed by atoms with van der Waals surface area (Å²) in [6.07, 6.45) is 0. The van der Waals surface area contributed by atoms with Crippen molar-refractivity contribution >= 4 is 23.1 Å². The Labute approximate surface area is 47.5 Å². The van der Waals surface area contributed by atoms with Crippen molar-refractivity contribution in [3.05, 3.63) is 0 Å². The van der Waals surface area contributed by atoms with Crippen LogP contribution in [0.3, 0.4) is 0 Å². The Bertz CT molecular complexity index is 11.6. The van der Waals surface area contributed by atoms with Crippen LogP contribution in [0, 0.1) is 0 Å². The molecule has 2 radical (unpaired) electrons. The standard InChI is InChI=1S/C2H7NO.Mg/c3-1-2-4;/h4H,1-3H2;. The molecular formula is C2H7MgNO. The third-order valence-electron chi connectivity index (χ3n) is 0.129. The molecule has 0 aromatic heterocycles. The lowest BCUT2D eigenvalue weighted by atomic mass is 10.8. The second-order valence-corrected chi connectivity index (χ2v) is 0.512. The van der Waals surface area contributed by atoms with Gasteiger partial charge in [0.15, 0.2) is 0 Å². The first kappa shape index (κ1) is 9.19. The SMILES string of the molecule is NCCO.[Mg]. The van der Waals surface area contributed by atoms with Gasteiger partial charge in [0.25, 0.3) is 0 Å². The van der Waals surface area contributed by atoms with Crippen LogP contribution in [-0.2, 0) is 0 Å². The zero-order valence-electron chi connectivity index (χ0n) is 3.15. The van der Waals surface area contributed by atoms with Gasteiger partial charge in [-0.3, -0.25) is 0 Å². The zero-order valence-corrected chi connectivity index (χ0v) is 4.56. The fraction of sp³-hybridized carbons (Fsp3) is 1.00. The normalized spacial score (nSPS) is 6.00. The molecule has 0 fully saturated rings. The fourth-order valence-corrected chi connectivity index (χ4v) is 0. The molecule has 3 heteroatoms. The fourth-order valence-electron chi connectivity index (χ4n) is 0. The lowest BCUT2D eigenvalue weighted by Gasteiger charge is -1.71. The summed E-state index contributed by atoms with van der Waals surface area (Å²) in [4.78, 5) is 0. The molecule has 0 atom stereocenters. The van der Waals surface area contributed by atoms with Crippen LogP contribution >= 0.6 is 0 Å². The highest BCUT2D eigenvalue weighted by molar-refractivity contribution is 5.75. The van der Waals surface area contributed by atoms with Gasteiger partial charge in [0.05, 0.1) is 6.61 Å². The van der Waals surface area contributed by atoms with Gasteiger partial charge in [0.2, 0.25) is 0 Å². The van der Waals surface area contributed by atoms with Gasteiger partial charge < -0.3 is 10.8 Å². The molecule has 0 unspecified atom stereocenters. The van der Waals surface area contributed by atoms with E-state index in [1.807, 2.05) is 0 Å². The van der Waals surface area contributed by atoms with Crippen molar-refractivity contribution in [2.45, 2.75) is 0 Å². The van der Waals surface area contributed by atoms with Crippen molar-refractivity contribution in [3.63, 3.8) is 0 Å². The van der Waals surface area contributed by atoms with E-state index < -0.39 is 0 Å². The molecule has 0 aromatic carbocycles. The van der Waals surface area contributed by atoms with E-state index in [4.69, 9.17) is 10.8 Å². The minimum atomic E-state index is 0. The van der Waals surface area contributed by atoms with Crippen LogP contribution in [0.25, 0.3) is 0 Å². The molecule has 2 nitrogen and oxygen atoms in total. The highest BCUT2D eigenvalue weighted by Crippen LogP contribution is 1.33. The van der Waals surface area contributed by atoms with E-state index in [1.165, 1.54) is 0 Å². The summed E-state index contributed by atoms with van der Waals surface area (Å²) in [6, 6.07) is 0. The summed E-state index contributed by atoms with van der Waals surface area (Å²) >= 11 is 0. The average Bonchev–Trinajstić information content (AvgIpc) is 1.37. The van der Waals surface area contributed by atoms with Crippen LogP contribution in [0.4, 0.5) is 0 Å². The van der Waals surface area contributed by atoms with E-state index in [2.05, 4.69) is 0 Å². The van der Waals surface area contributed by atoms with E-state index in [1.54, 1.807) is 0 Å². The van der Waals surface area contributed by atoms with Crippen LogP contribution in [0.5, 0.6) is 0 Å². The lowest BCUT2D eigenvalue weighted by molar-refractivity contribution is 0.306. The molecule has 0 aromatic rings. The Balaban J connectivity index is 0. The van der Waals surface area contributed by atoms with Gasteiger partial charge in [-0.25, -0.2) is 0 Å². The maximum Gasteiger partial charge on any atom is 0.0553 e. The molecule has 0 spiro atoms. The van der Waals surface area contributed by atoms with Crippen LogP contribution in [0.2, 0.25) is 0 Å². The second kappa shape index (κ2) is 8.82. The van der Waals surface area contributed by atoms with Crippen molar-refractivity contribution in [2.24, 2.45) is 5.73 Å². The topological polar surface area (TPSA) is 46.2 Å². The van der Waals surface area contributed by atoms with E-state index >= 15 is 0 Å². The number of aliphatic hydroxyl groups excluding tert-OH is 1. The van der Waals surface area contributed by atoms with E-state index in [9.17, 15) is 0 Å². The highest BCUT2D eigenvalue weighted by Gasteiger charge is 1.56. The molecule has 0 aliphatic carbocycles. The third-order valence-corrected chi connectivity index (χ3v) is 0.129. The van der Waals surface area contributed by atoms with Gasteiger partial charge in [-0.1, -0.05) is 0 Å². The molecule has 0 aliphatic rings. The first-order valence-electron chi connectivity index (χ1n) is 1.22. The number of hydrogen-bond acceptors (Lipinski definition) is 2. The monoisotopic (exact) mass is 85.0 g/mol. The molecule has 0 amide bonds. The maximum absolute atomic E-state index is 7.75. The second-order valence-electron chi connectivity index (χ2n) is 0.512. The van der Waals surface area contributed by atoms with Crippen LogP contribution in [-0.4, -0.2) is 41.3 Å². The van der Waals surface area contributed by atoms with Crippen molar-refractivity contribution in [3.8, 4) is 0 Å². The molecule has 3 N–H and O–H groups in total. The molecule has 0 saturated carbocycles. The number of nitrogens with two attached hydrogens (primary N) is 1. The zero-order chi connectivity index (χ0) is 3.41. The Morgan fingerprint density at radius 3 is 1.80 bits per heavy atom. The molecule has 0 heterocycles. The van der Waals surface area contributed by atoms with Crippen molar-refractivity contribution in [1.82, 2.24) is 0 Å². The minimum absolute atomic E-state index is 0. The van der Waals surface area contributed by atoms with E-state index in [-0.39, 0.29) is 29.7 Å².